The van der Waals surface area contributed by atoms with Gasteiger partial charge in [-0.15, -0.1) is 23.6 Å². The smallest absolute Gasteiger partial charge is 0.0129 e. The molecule has 1 aromatic carbocycles. The van der Waals surface area contributed by atoms with Crippen LogP contribution in [0.3, 0.4) is 0 Å². The van der Waals surface area contributed by atoms with Gasteiger partial charge in [0.15, 0.2) is 0 Å². The first-order chi connectivity index (χ1) is 7.86. The van der Waals surface area contributed by atoms with Crippen molar-refractivity contribution >= 4 is 11.8 Å². The molecule has 0 atom stereocenters. The molecule has 0 saturated heterocycles. The second-order valence-corrected chi connectivity index (χ2v) is 4.87. The summed E-state index contributed by atoms with van der Waals surface area (Å²) in [6.45, 7) is 4.31. The summed E-state index contributed by atoms with van der Waals surface area (Å²) in [5.74, 6) is 7.49. The molecule has 0 aromatic heterocycles. The number of aryl methyl sites for hydroxylation is 1. The molecule has 1 rings (SSSR count). The fraction of sp³-hybridized carbons (Fsp3) is 0.467. The third-order valence-corrected chi connectivity index (χ3v) is 3.45. The average molecular weight is 232 g/mol. The van der Waals surface area contributed by atoms with E-state index in [2.05, 4.69) is 50.0 Å². The third kappa shape index (κ3) is 5.28. The Bertz CT molecular complexity index is 340. The first-order valence-electron chi connectivity index (χ1n) is 6.04. The summed E-state index contributed by atoms with van der Waals surface area (Å²) in [7, 11) is 0. The first-order valence-corrected chi connectivity index (χ1v) is 7.02. The lowest BCUT2D eigenvalue weighted by Gasteiger charge is -2.01. The van der Waals surface area contributed by atoms with Gasteiger partial charge in [-0.1, -0.05) is 26.0 Å². The molecule has 1 aromatic rings. The quantitative estimate of drug-likeness (QED) is 0.531. The fourth-order valence-corrected chi connectivity index (χ4v) is 2.16. The standard InChI is InChI=1S/C15H20S/c1-3-5-6-7-8-14-9-11-15(12-10-14)16-13-4-2/h9-12H,3-4,7-8,13H2,1-2H3. The van der Waals surface area contributed by atoms with Gasteiger partial charge in [0.1, 0.15) is 0 Å². The van der Waals surface area contributed by atoms with Crippen LogP contribution in [0, 0.1) is 11.8 Å². The van der Waals surface area contributed by atoms with Crippen molar-refractivity contribution in [1.29, 1.82) is 0 Å². The Balaban J connectivity index is 2.38. The first kappa shape index (κ1) is 13.2. The Hall–Kier alpha value is -0.870. The van der Waals surface area contributed by atoms with Crippen LogP contribution >= 0.6 is 11.8 Å². The third-order valence-electron chi connectivity index (χ3n) is 2.24. The van der Waals surface area contributed by atoms with E-state index in [4.69, 9.17) is 0 Å². The Morgan fingerprint density at radius 3 is 2.44 bits per heavy atom. The molecule has 0 saturated carbocycles. The minimum Gasteiger partial charge on any atom is -0.126 e. The number of rotatable bonds is 5. The van der Waals surface area contributed by atoms with Crippen molar-refractivity contribution in [2.24, 2.45) is 0 Å². The second kappa shape index (κ2) is 8.30. The topological polar surface area (TPSA) is 0 Å². The van der Waals surface area contributed by atoms with Gasteiger partial charge in [0.05, 0.1) is 0 Å². The molecule has 0 N–H and O–H groups in total. The van der Waals surface area contributed by atoms with Gasteiger partial charge < -0.3 is 0 Å². The highest BCUT2D eigenvalue weighted by Crippen LogP contribution is 2.19. The Morgan fingerprint density at radius 1 is 1.06 bits per heavy atom. The van der Waals surface area contributed by atoms with E-state index < -0.39 is 0 Å². The maximum absolute atomic E-state index is 3.18. The van der Waals surface area contributed by atoms with Gasteiger partial charge in [0.2, 0.25) is 0 Å². The van der Waals surface area contributed by atoms with Crippen LogP contribution in [-0.4, -0.2) is 5.75 Å². The van der Waals surface area contributed by atoms with Crippen LogP contribution in [0.5, 0.6) is 0 Å². The van der Waals surface area contributed by atoms with Gasteiger partial charge in [0, 0.05) is 17.7 Å². The summed E-state index contributed by atoms with van der Waals surface area (Å²) in [6.07, 6.45) is 4.26. The molecular formula is C15H20S. The Labute approximate surface area is 104 Å². The van der Waals surface area contributed by atoms with E-state index in [0.29, 0.717) is 0 Å². The van der Waals surface area contributed by atoms with Gasteiger partial charge in [-0.05, 0) is 36.3 Å². The zero-order valence-corrected chi connectivity index (χ0v) is 11.1. The van der Waals surface area contributed by atoms with Gasteiger partial charge in [-0.25, -0.2) is 0 Å². The van der Waals surface area contributed by atoms with Crippen LogP contribution in [0.2, 0.25) is 0 Å². The molecule has 0 radical (unpaired) electrons. The summed E-state index contributed by atoms with van der Waals surface area (Å²) in [5.41, 5.74) is 1.39. The van der Waals surface area contributed by atoms with Crippen LogP contribution < -0.4 is 0 Å². The lowest BCUT2D eigenvalue weighted by molar-refractivity contribution is 1.02. The maximum Gasteiger partial charge on any atom is 0.0129 e. The molecule has 0 bridgehead atoms. The van der Waals surface area contributed by atoms with Crippen molar-refractivity contribution < 1.29 is 0 Å². The molecule has 86 valence electrons. The van der Waals surface area contributed by atoms with E-state index in [-0.39, 0.29) is 0 Å². The molecule has 0 aliphatic rings. The van der Waals surface area contributed by atoms with E-state index in [0.717, 1.165) is 19.3 Å². The largest absolute Gasteiger partial charge is 0.126 e. The van der Waals surface area contributed by atoms with Crippen molar-refractivity contribution in [3.8, 4) is 11.8 Å². The van der Waals surface area contributed by atoms with Crippen LogP contribution in [0.1, 0.15) is 38.7 Å². The molecule has 0 amide bonds. The molecular weight excluding hydrogens is 212 g/mol. The van der Waals surface area contributed by atoms with Crippen molar-refractivity contribution in [3.63, 3.8) is 0 Å². The summed E-state index contributed by atoms with van der Waals surface area (Å²) in [5, 5.41) is 0. The fourth-order valence-electron chi connectivity index (χ4n) is 1.39. The zero-order chi connectivity index (χ0) is 11.6. The van der Waals surface area contributed by atoms with Crippen LogP contribution in [0.4, 0.5) is 0 Å². The number of thioether (sulfide) groups is 1. The molecule has 0 heterocycles. The molecule has 16 heavy (non-hydrogen) atoms. The second-order valence-electron chi connectivity index (χ2n) is 3.70. The number of hydrogen-bond acceptors (Lipinski definition) is 1. The summed E-state index contributed by atoms with van der Waals surface area (Å²) >= 11 is 1.93. The Kier molecular flexibility index (Phi) is 6.85. The lowest BCUT2D eigenvalue weighted by atomic mass is 10.1. The zero-order valence-electron chi connectivity index (χ0n) is 10.3. The maximum atomic E-state index is 3.18. The van der Waals surface area contributed by atoms with Crippen molar-refractivity contribution in [2.75, 3.05) is 5.75 Å². The molecule has 0 fully saturated rings. The van der Waals surface area contributed by atoms with Crippen LogP contribution in [0.15, 0.2) is 29.2 Å². The molecule has 1 heteroatoms. The van der Waals surface area contributed by atoms with Crippen LogP contribution in [-0.2, 0) is 6.42 Å². The van der Waals surface area contributed by atoms with Crippen molar-refractivity contribution in [2.45, 2.75) is 44.4 Å². The van der Waals surface area contributed by atoms with E-state index in [1.165, 1.54) is 22.6 Å². The van der Waals surface area contributed by atoms with E-state index >= 15 is 0 Å². The highest BCUT2D eigenvalue weighted by molar-refractivity contribution is 7.99. The van der Waals surface area contributed by atoms with Gasteiger partial charge in [-0.3, -0.25) is 0 Å². The predicted octanol–water partition coefficient (Wildman–Crippen LogP) is 4.53. The highest BCUT2D eigenvalue weighted by Gasteiger charge is 1.94. The minimum absolute atomic E-state index is 0.965. The number of benzene rings is 1. The molecule has 0 unspecified atom stereocenters. The normalized spacial score (nSPS) is 9.62. The van der Waals surface area contributed by atoms with E-state index in [1.807, 2.05) is 11.8 Å². The minimum atomic E-state index is 0.965. The summed E-state index contributed by atoms with van der Waals surface area (Å²) < 4.78 is 0. The Morgan fingerprint density at radius 2 is 1.81 bits per heavy atom. The van der Waals surface area contributed by atoms with Gasteiger partial charge in [-0.2, -0.15) is 0 Å². The molecule has 0 nitrogen and oxygen atoms in total. The number of hydrogen-bond donors (Lipinski definition) is 0. The highest BCUT2D eigenvalue weighted by atomic mass is 32.2. The predicted molar refractivity (Wildman–Crippen MR) is 73.8 cm³/mol. The van der Waals surface area contributed by atoms with E-state index in [9.17, 15) is 0 Å². The van der Waals surface area contributed by atoms with Crippen LogP contribution in [0.25, 0.3) is 0 Å². The van der Waals surface area contributed by atoms with Crippen molar-refractivity contribution in [3.05, 3.63) is 29.8 Å². The molecule has 0 spiro atoms. The van der Waals surface area contributed by atoms with Crippen molar-refractivity contribution in [1.82, 2.24) is 0 Å². The van der Waals surface area contributed by atoms with Gasteiger partial charge >= 0.3 is 0 Å². The lowest BCUT2D eigenvalue weighted by Crippen LogP contribution is -1.84. The SMILES string of the molecule is CCC#CCCc1ccc(SCCC)cc1. The summed E-state index contributed by atoms with van der Waals surface area (Å²) in [4.78, 5) is 1.38. The average Bonchev–Trinajstić information content (AvgIpc) is 2.33. The molecule has 0 aliphatic carbocycles. The monoisotopic (exact) mass is 232 g/mol. The summed E-state index contributed by atoms with van der Waals surface area (Å²) in [6, 6.07) is 8.91. The molecule has 0 aliphatic heterocycles. The van der Waals surface area contributed by atoms with Gasteiger partial charge in [0.25, 0.3) is 0 Å². The van der Waals surface area contributed by atoms with E-state index in [1.54, 1.807) is 0 Å².